The molecule has 0 aliphatic carbocycles. The first-order chi connectivity index (χ1) is 9.77. The molecule has 1 saturated heterocycles. The van der Waals surface area contributed by atoms with Crippen LogP contribution in [0.1, 0.15) is 5.56 Å². The van der Waals surface area contributed by atoms with Crippen molar-refractivity contribution in [2.24, 2.45) is 0 Å². The number of alkyl halides is 1. The first-order valence-electron chi connectivity index (χ1n) is 6.39. The molecule has 2 rings (SSSR count). The van der Waals surface area contributed by atoms with E-state index in [0.717, 1.165) is 10.5 Å². The number of nitrogen functional groups attached to an aromatic ring is 1. The van der Waals surface area contributed by atoms with Crippen LogP contribution in [0.15, 0.2) is 23.1 Å². The van der Waals surface area contributed by atoms with Crippen molar-refractivity contribution in [2.75, 3.05) is 23.0 Å². The zero-order chi connectivity index (χ0) is 15.6. The first-order valence-corrected chi connectivity index (χ1v) is 9.64. The van der Waals surface area contributed by atoms with Crippen molar-refractivity contribution in [3.8, 4) is 0 Å². The van der Waals surface area contributed by atoms with Gasteiger partial charge in [-0.1, -0.05) is 6.07 Å². The van der Waals surface area contributed by atoms with Crippen molar-refractivity contribution in [1.29, 1.82) is 0 Å². The average Bonchev–Trinajstić information content (AvgIpc) is 2.61. The molecular weight excluding hydrogens is 332 g/mol. The normalized spacial score (nSPS) is 23.9. The summed E-state index contributed by atoms with van der Waals surface area (Å²) in [5.41, 5.74) is 7.56. The van der Waals surface area contributed by atoms with E-state index in [-0.39, 0.29) is 23.2 Å². The summed E-state index contributed by atoms with van der Waals surface area (Å²) in [6.07, 6.45) is 0. The van der Waals surface area contributed by atoms with Gasteiger partial charge < -0.3 is 11.1 Å². The summed E-state index contributed by atoms with van der Waals surface area (Å²) in [6.45, 7) is 1.94. The fourth-order valence-electron chi connectivity index (χ4n) is 2.13. The second-order valence-corrected chi connectivity index (χ2v) is 8.83. The van der Waals surface area contributed by atoms with Gasteiger partial charge in [-0.2, -0.15) is 0 Å². The maximum atomic E-state index is 11.9. The van der Waals surface area contributed by atoms with Gasteiger partial charge >= 0.3 is 0 Å². The van der Waals surface area contributed by atoms with Crippen molar-refractivity contribution in [3.05, 3.63) is 23.8 Å². The number of amides is 1. The summed E-state index contributed by atoms with van der Waals surface area (Å²) in [5, 5.41) is 2.11. The van der Waals surface area contributed by atoms with Crippen molar-refractivity contribution in [2.45, 2.75) is 23.2 Å². The SMILES string of the molecule is Cc1ccc(SCC(=O)NC2CS(=O)(=O)CC2Cl)c(N)c1. The number of carbonyl (C=O) groups is 1. The molecule has 1 aliphatic heterocycles. The zero-order valence-corrected chi connectivity index (χ0v) is 13.9. The Morgan fingerprint density at radius 3 is 2.76 bits per heavy atom. The molecule has 0 aromatic heterocycles. The Hall–Kier alpha value is -0.920. The number of thioether (sulfide) groups is 1. The van der Waals surface area contributed by atoms with Gasteiger partial charge in [-0.05, 0) is 24.6 Å². The zero-order valence-electron chi connectivity index (χ0n) is 11.5. The number of sulfone groups is 1. The molecule has 3 N–H and O–H groups in total. The second-order valence-electron chi connectivity index (χ2n) is 5.10. The van der Waals surface area contributed by atoms with E-state index in [9.17, 15) is 13.2 Å². The molecule has 2 atom stereocenters. The molecule has 1 heterocycles. The van der Waals surface area contributed by atoms with E-state index in [0.29, 0.717) is 5.69 Å². The molecule has 1 aliphatic rings. The highest BCUT2D eigenvalue weighted by Crippen LogP contribution is 2.26. The predicted molar refractivity (Wildman–Crippen MR) is 86.5 cm³/mol. The van der Waals surface area contributed by atoms with Crippen LogP contribution < -0.4 is 11.1 Å². The van der Waals surface area contributed by atoms with Crippen LogP contribution in [-0.2, 0) is 14.6 Å². The van der Waals surface area contributed by atoms with Crippen LogP contribution in [0.3, 0.4) is 0 Å². The molecule has 1 amide bonds. The van der Waals surface area contributed by atoms with E-state index in [4.69, 9.17) is 17.3 Å². The minimum Gasteiger partial charge on any atom is -0.398 e. The van der Waals surface area contributed by atoms with E-state index in [1.54, 1.807) is 0 Å². The molecule has 0 bridgehead atoms. The van der Waals surface area contributed by atoms with Crippen molar-refractivity contribution in [3.63, 3.8) is 0 Å². The third-order valence-electron chi connectivity index (χ3n) is 3.15. The molecule has 8 heteroatoms. The quantitative estimate of drug-likeness (QED) is 0.484. The van der Waals surface area contributed by atoms with Gasteiger partial charge in [0.2, 0.25) is 5.91 Å². The summed E-state index contributed by atoms with van der Waals surface area (Å²) in [7, 11) is -3.14. The summed E-state index contributed by atoms with van der Waals surface area (Å²) < 4.78 is 22.9. The molecule has 0 spiro atoms. The maximum absolute atomic E-state index is 11.9. The van der Waals surface area contributed by atoms with Crippen LogP contribution in [0, 0.1) is 6.92 Å². The Labute approximate surface area is 133 Å². The van der Waals surface area contributed by atoms with Gasteiger partial charge in [0.1, 0.15) is 0 Å². The molecule has 116 valence electrons. The number of hydrogen-bond acceptors (Lipinski definition) is 5. The number of rotatable bonds is 4. The van der Waals surface area contributed by atoms with Gasteiger partial charge in [0.05, 0.1) is 28.7 Å². The fourth-order valence-corrected chi connectivity index (χ4v) is 5.44. The molecule has 1 aromatic rings. The number of nitrogens with two attached hydrogens (primary N) is 1. The van der Waals surface area contributed by atoms with E-state index in [1.165, 1.54) is 11.8 Å². The summed E-state index contributed by atoms with van der Waals surface area (Å²) in [4.78, 5) is 12.7. The van der Waals surface area contributed by atoms with Crippen LogP contribution in [0.4, 0.5) is 5.69 Å². The van der Waals surface area contributed by atoms with Crippen molar-refractivity contribution in [1.82, 2.24) is 5.32 Å². The van der Waals surface area contributed by atoms with Crippen molar-refractivity contribution < 1.29 is 13.2 Å². The molecule has 1 fully saturated rings. The highest BCUT2D eigenvalue weighted by atomic mass is 35.5. The molecule has 21 heavy (non-hydrogen) atoms. The number of nitrogens with one attached hydrogen (secondary N) is 1. The highest BCUT2D eigenvalue weighted by molar-refractivity contribution is 8.00. The third-order valence-corrected chi connectivity index (χ3v) is 6.62. The Morgan fingerprint density at radius 1 is 1.48 bits per heavy atom. The Bertz CT molecular complexity index is 649. The Balaban J connectivity index is 1.88. The predicted octanol–water partition coefficient (Wildman–Crippen LogP) is 1.19. The van der Waals surface area contributed by atoms with Gasteiger partial charge in [0.15, 0.2) is 9.84 Å². The number of aryl methyl sites for hydroxylation is 1. The number of anilines is 1. The summed E-state index contributed by atoms with van der Waals surface area (Å²) >= 11 is 7.26. The molecule has 0 radical (unpaired) electrons. The smallest absolute Gasteiger partial charge is 0.230 e. The van der Waals surface area contributed by atoms with Crippen LogP contribution in [-0.4, -0.2) is 43.0 Å². The Kier molecular flexibility index (Phi) is 5.06. The number of carbonyl (C=O) groups excluding carboxylic acids is 1. The number of hydrogen-bond donors (Lipinski definition) is 2. The van der Waals surface area contributed by atoms with Crippen LogP contribution >= 0.6 is 23.4 Å². The summed E-state index contributed by atoms with van der Waals surface area (Å²) in [6, 6.07) is 5.13. The van der Waals surface area contributed by atoms with Gasteiger partial charge in [0.25, 0.3) is 0 Å². The van der Waals surface area contributed by atoms with Crippen LogP contribution in [0.25, 0.3) is 0 Å². The molecule has 0 saturated carbocycles. The average molecular weight is 349 g/mol. The van der Waals surface area contributed by atoms with Gasteiger partial charge in [-0.15, -0.1) is 23.4 Å². The van der Waals surface area contributed by atoms with Gasteiger partial charge in [-0.3, -0.25) is 4.79 Å². The van der Waals surface area contributed by atoms with Crippen LogP contribution in [0.2, 0.25) is 0 Å². The van der Waals surface area contributed by atoms with E-state index in [1.807, 2.05) is 25.1 Å². The first kappa shape index (κ1) is 16.5. The van der Waals surface area contributed by atoms with Gasteiger partial charge in [-0.25, -0.2) is 8.42 Å². The standard InChI is InChI=1S/C13H17ClN2O3S2/c1-8-2-3-12(10(15)4-8)20-5-13(17)16-11-7-21(18,19)6-9(11)14/h2-4,9,11H,5-7,15H2,1H3,(H,16,17). The maximum Gasteiger partial charge on any atom is 0.230 e. The minimum atomic E-state index is -3.14. The summed E-state index contributed by atoms with van der Waals surface area (Å²) in [5.74, 6) is -0.248. The molecule has 1 aromatic carbocycles. The van der Waals surface area contributed by atoms with E-state index < -0.39 is 21.3 Å². The molecule has 5 nitrogen and oxygen atoms in total. The fraction of sp³-hybridized carbons (Fsp3) is 0.462. The lowest BCUT2D eigenvalue weighted by molar-refractivity contribution is -0.119. The Morgan fingerprint density at radius 2 is 2.19 bits per heavy atom. The lowest BCUT2D eigenvalue weighted by Gasteiger charge is -2.14. The number of halogens is 1. The van der Waals surface area contributed by atoms with Crippen molar-refractivity contribution >= 4 is 44.8 Å². The lowest BCUT2D eigenvalue weighted by Crippen LogP contribution is -2.41. The third kappa shape index (κ3) is 4.52. The number of benzene rings is 1. The minimum absolute atomic E-state index is 0.0858. The molecule has 2 unspecified atom stereocenters. The van der Waals surface area contributed by atoms with Crippen LogP contribution in [0.5, 0.6) is 0 Å². The highest BCUT2D eigenvalue weighted by Gasteiger charge is 2.37. The van der Waals surface area contributed by atoms with E-state index >= 15 is 0 Å². The topological polar surface area (TPSA) is 89.3 Å². The lowest BCUT2D eigenvalue weighted by atomic mass is 10.2. The second kappa shape index (κ2) is 6.46. The van der Waals surface area contributed by atoms with E-state index in [2.05, 4.69) is 5.32 Å². The van der Waals surface area contributed by atoms with Gasteiger partial charge in [0, 0.05) is 10.6 Å². The molecular formula is C13H17ClN2O3S2. The monoisotopic (exact) mass is 348 g/mol. The largest absolute Gasteiger partial charge is 0.398 e.